The molecule has 6 nitrogen and oxygen atoms in total. The minimum Gasteiger partial charge on any atom is -0.367 e. The van der Waals surface area contributed by atoms with Crippen molar-refractivity contribution < 1.29 is 9.18 Å². The Morgan fingerprint density at radius 1 is 1.18 bits per heavy atom. The van der Waals surface area contributed by atoms with Crippen LogP contribution in [0.5, 0.6) is 0 Å². The summed E-state index contributed by atoms with van der Waals surface area (Å²) in [5.41, 5.74) is 1.84. The zero-order valence-corrected chi connectivity index (χ0v) is 19.9. The van der Waals surface area contributed by atoms with Gasteiger partial charge in [-0.15, -0.1) is 6.58 Å². The molecular weight excluding hydrogens is 461 g/mol. The van der Waals surface area contributed by atoms with Crippen molar-refractivity contribution >= 4 is 35.3 Å². The van der Waals surface area contributed by atoms with Gasteiger partial charge in [-0.25, -0.2) is 9.07 Å². The third-order valence-corrected chi connectivity index (χ3v) is 6.42. The first-order valence-electron chi connectivity index (χ1n) is 10.7. The van der Waals surface area contributed by atoms with E-state index in [4.69, 9.17) is 28.9 Å². The highest BCUT2D eigenvalue weighted by Crippen LogP contribution is 2.24. The molecule has 0 N–H and O–H groups in total. The highest BCUT2D eigenvalue weighted by molar-refractivity contribution is 7.71. The van der Waals surface area contributed by atoms with Gasteiger partial charge in [0.05, 0.1) is 12.4 Å². The number of piperazine rings is 1. The zero-order valence-electron chi connectivity index (χ0n) is 18.4. The van der Waals surface area contributed by atoms with Gasteiger partial charge >= 0.3 is 0 Å². The number of allylic oxidation sites excluding steroid dienone is 1. The fraction of sp³-hybridized carbons (Fsp3) is 0.292. The van der Waals surface area contributed by atoms with Gasteiger partial charge in [-0.1, -0.05) is 17.7 Å². The second-order valence-corrected chi connectivity index (χ2v) is 8.78. The Labute approximate surface area is 202 Å². The molecule has 0 saturated carbocycles. The fourth-order valence-electron chi connectivity index (χ4n) is 3.94. The van der Waals surface area contributed by atoms with Gasteiger partial charge in [-0.2, -0.15) is 5.10 Å². The van der Waals surface area contributed by atoms with Gasteiger partial charge in [0.2, 0.25) is 0 Å². The molecule has 172 valence electrons. The van der Waals surface area contributed by atoms with Gasteiger partial charge in [0.15, 0.2) is 16.4 Å². The lowest BCUT2D eigenvalue weighted by Crippen LogP contribution is -2.47. The molecule has 1 aromatic heterocycles. The van der Waals surface area contributed by atoms with Crippen molar-refractivity contribution in [1.82, 2.24) is 19.2 Å². The van der Waals surface area contributed by atoms with Crippen LogP contribution in [-0.2, 0) is 13.2 Å². The molecule has 1 aliphatic rings. The largest absolute Gasteiger partial charge is 0.367 e. The van der Waals surface area contributed by atoms with E-state index in [1.54, 1.807) is 18.2 Å². The molecule has 2 aromatic carbocycles. The monoisotopic (exact) mass is 485 g/mol. The van der Waals surface area contributed by atoms with E-state index in [1.807, 2.05) is 38.4 Å². The van der Waals surface area contributed by atoms with Crippen LogP contribution < -0.4 is 4.90 Å². The number of carbonyl (C=O) groups is 1. The quantitative estimate of drug-likeness (QED) is 0.266. The number of benzene rings is 2. The maximum atomic E-state index is 14.5. The summed E-state index contributed by atoms with van der Waals surface area (Å²) in [5, 5.41) is 5.44. The van der Waals surface area contributed by atoms with Gasteiger partial charge in [0, 0.05) is 48.9 Å². The molecule has 2 heterocycles. The van der Waals surface area contributed by atoms with Gasteiger partial charge < -0.3 is 4.90 Å². The first-order chi connectivity index (χ1) is 15.9. The molecule has 3 aromatic rings. The molecule has 0 aliphatic carbocycles. The van der Waals surface area contributed by atoms with E-state index >= 15 is 0 Å². The van der Waals surface area contributed by atoms with E-state index < -0.39 is 0 Å². The Bertz CT molecular complexity index is 1230. The number of carbonyl (C=O) groups excluding carboxylic acids is 1. The van der Waals surface area contributed by atoms with Crippen LogP contribution in [0.1, 0.15) is 17.3 Å². The number of nitrogens with zero attached hydrogens (tertiary/aromatic N) is 5. The molecule has 0 radical (unpaired) electrons. The van der Waals surface area contributed by atoms with Crippen molar-refractivity contribution in [2.24, 2.45) is 0 Å². The molecule has 4 rings (SSSR count). The number of Topliss-reactive ketones (excluding diaryl/α,β-unsaturated/α-hetero) is 1. The molecule has 0 spiro atoms. The Hall–Kier alpha value is -2.81. The van der Waals surface area contributed by atoms with Crippen molar-refractivity contribution in [2.75, 3.05) is 31.1 Å². The van der Waals surface area contributed by atoms with Crippen molar-refractivity contribution in [1.29, 1.82) is 0 Å². The second-order valence-electron chi connectivity index (χ2n) is 7.98. The zero-order chi connectivity index (χ0) is 23.5. The number of hydrogen-bond acceptors (Lipinski definition) is 5. The number of anilines is 1. The van der Waals surface area contributed by atoms with E-state index in [-0.39, 0.29) is 11.6 Å². The van der Waals surface area contributed by atoms with Crippen LogP contribution in [0.2, 0.25) is 5.02 Å². The third kappa shape index (κ3) is 5.08. The van der Waals surface area contributed by atoms with Gasteiger partial charge in [0.25, 0.3) is 0 Å². The van der Waals surface area contributed by atoms with Crippen LogP contribution in [0, 0.1) is 10.6 Å². The molecule has 0 bridgehead atoms. The van der Waals surface area contributed by atoms with Crippen LogP contribution in [0.3, 0.4) is 0 Å². The number of ketones is 1. The van der Waals surface area contributed by atoms with Crippen LogP contribution >= 0.6 is 23.8 Å². The molecule has 9 heteroatoms. The molecule has 1 saturated heterocycles. The summed E-state index contributed by atoms with van der Waals surface area (Å²) >= 11 is 11.7. The van der Waals surface area contributed by atoms with Crippen molar-refractivity contribution in [3.05, 3.63) is 76.3 Å². The summed E-state index contributed by atoms with van der Waals surface area (Å²) in [6.07, 6.45) is 1.80. The molecule has 33 heavy (non-hydrogen) atoms. The van der Waals surface area contributed by atoms with E-state index in [2.05, 4.69) is 11.5 Å². The van der Waals surface area contributed by atoms with E-state index in [9.17, 15) is 9.18 Å². The Morgan fingerprint density at radius 3 is 2.48 bits per heavy atom. The minimum atomic E-state index is -0.367. The average Bonchev–Trinajstić information content (AvgIpc) is 3.10. The summed E-state index contributed by atoms with van der Waals surface area (Å²) in [6.45, 7) is 9.19. The Balaban J connectivity index is 1.48. The summed E-state index contributed by atoms with van der Waals surface area (Å²) in [4.78, 5) is 15.7. The maximum Gasteiger partial charge on any atom is 0.199 e. The van der Waals surface area contributed by atoms with Crippen molar-refractivity contribution in [2.45, 2.75) is 20.1 Å². The molecule has 0 unspecified atom stereocenters. The number of halogens is 2. The standard InChI is InChI=1S/C24H25ClFN5OS/c1-3-10-30-23(18-4-7-20(25)8-5-18)27-31(24(30)33)16-28-11-13-29(14-12-28)22-9-6-19(17(2)32)15-21(22)26/h3-9,15H,1,10-14,16H2,2H3. The van der Waals surface area contributed by atoms with E-state index in [1.165, 1.54) is 13.0 Å². The van der Waals surface area contributed by atoms with Gasteiger partial charge in [-0.3, -0.25) is 14.3 Å². The molecule has 1 aliphatic heterocycles. The molecular formula is C24H25ClFN5OS. The molecule has 0 atom stereocenters. The second kappa shape index (κ2) is 9.99. The topological polar surface area (TPSA) is 46.3 Å². The van der Waals surface area contributed by atoms with E-state index in [0.29, 0.717) is 47.3 Å². The average molecular weight is 486 g/mol. The lowest BCUT2D eigenvalue weighted by atomic mass is 10.1. The Kier molecular flexibility index (Phi) is 7.07. The fourth-order valence-corrected chi connectivity index (χ4v) is 4.33. The summed E-state index contributed by atoms with van der Waals surface area (Å²) in [7, 11) is 0. The van der Waals surface area contributed by atoms with Gasteiger partial charge in [-0.05, 0) is 61.6 Å². The minimum absolute atomic E-state index is 0.143. The SMILES string of the molecule is C=CCn1c(-c2ccc(Cl)cc2)nn(CN2CCN(c3ccc(C(C)=O)cc3F)CC2)c1=S. The predicted molar refractivity (Wildman–Crippen MR) is 132 cm³/mol. The van der Waals surface area contributed by atoms with E-state index in [0.717, 1.165) is 24.5 Å². The van der Waals surface area contributed by atoms with Crippen molar-refractivity contribution in [3.8, 4) is 11.4 Å². The summed E-state index contributed by atoms with van der Waals surface area (Å²) in [6, 6.07) is 12.2. The maximum absolute atomic E-state index is 14.5. The number of aromatic nitrogens is 3. The lowest BCUT2D eigenvalue weighted by molar-refractivity contribution is 0.101. The summed E-state index contributed by atoms with van der Waals surface area (Å²) in [5.74, 6) is 0.257. The first kappa shape index (κ1) is 23.4. The van der Waals surface area contributed by atoms with Gasteiger partial charge in [0.1, 0.15) is 5.82 Å². The predicted octanol–water partition coefficient (Wildman–Crippen LogP) is 5.04. The highest BCUT2D eigenvalue weighted by atomic mass is 35.5. The first-order valence-corrected chi connectivity index (χ1v) is 11.5. The van der Waals surface area contributed by atoms with Crippen LogP contribution in [0.25, 0.3) is 11.4 Å². The number of hydrogen-bond donors (Lipinski definition) is 0. The third-order valence-electron chi connectivity index (χ3n) is 5.74. The lowest BCUT2D eigenvalue weighted by Gasteiger charge is -2.36. The number of rotatable bonds is 7. The highest BCUT2D eigenvalue weighted by Gasteiger charge is 2.22. The molecule has 0 amide bonds. The molecule has 1 fully saturated rings. The van der Waals surface area contributed by atoms with Crippen molar-refractivity contribution in [3.63, 3.8) is 0 Å². The Morgan fingerprint density at radius 2 is 1.88 bits per heavy atom. The summed E-state index contributed by atoms with van der Waals surface area (Å²) < 4.78 is 18.9. The van der Waals surface area contributed by atoms with Crippen LogP contribution in [0.15, 0.2) is 55.1 Å². The van der Waals surface area contributed by atoms with Crippen LogP contribution in [0.4, 0.5) is 10.1 Å². The van der Waals surface area contributed by atoms with Crippen LogP contribution in [-0.4, -0.2) is 51.2 Å². The normalized spacial score (nSPS) is 14.5. The smallest absolute Gasteiger partial charge is 0.199 e.